The molecule has 0 unspecified atom stereocenters. The highest BCUT2D eigenvalue weighted by Crippen LogP contribution is 2.30. The van der Waals surface area contributed by atoms with Crippen LogP contribution in [0.25, 0.3) is 10.2 Å². The average Bonchev–Trinajstić information content (AvgIpc) is 2.65. The summed E-state index contributed by atoms with van der Waals surface area (Å²) >= 11 is 3.10. The van der Waals surface area contributed by atoms with E-state index in [2.05, 4.69) is 30.7 Å². The zero-order valence-corrected chi connectivity index (χ0v) is 12.8. The minimum Gasteiger partial charge on any atom is -0.301 e. The van der Waals surface area contributed by atoms with Gasteiger partial charge in [0, 0.05) is 4.88 Å². The number of nitrogens with zero attached hydrogens (tertiary/aromatic N) is 1. The van der Waals surface area contributed by atoms with E-state index >= 15 is 0 Å². The highest BCUT2D eigenvalue weighted by molar-refractivity contribution is 7.98. The summed E-state index contributed by atoms with van der Waals surface area (Å²) in [4.78, 5) is 21.6. The van der Waals surface area contributed by atoms with Crippen LogP contribution in [-0.4, -0.2) is 16.2 Å². The number of aryl methyl sites for hydroxylation is 1. The summed E-state index contributed by atoms with van der Waals surface area (Å²) in [5, 5.41) is 1.50. The van der Waals surface area contributed by atoms with Crippen molar-refractivity contribution in [2.24, 2.45) is 5.92 Å². The second kappa shape index (κ2) is 5.45. The van der Waals surface area contributed by atoms with Crippen molar-refractivity contribution >= 4 is 33.3 Å². The van der Waals surface area contributed by atoms with Gasteiger partial charge >= 0.3 is 0 Å². The lowest BCUT2D eigenvalue weighted by Gasteiger charge is -2.08. The number of rotatable bonds is 4. The second-order valence-electron chi connectivity index (χ2n) is 4.61. The van der Waals surface area contributed by atoms with E-state index < -0.39 is 0 Å². The first-order valence-electron chi connectivity index (χ1n) is 6.13. The van der Waals surface area contributed by atoms with E-state index in [9.17, 15) is 4.79 Å². The van der Waals surface area contributed by atoms with Gasteiger partial charge in [0.25, 0.3) is 5.56 Å². The third-order valence-corrected chi connectivity index (χ3v) is 4.91. The quantitative estimate of drug-likeness (QED) is 0.688. The minimum atomic E-state index is 0.00648. The molecule has 98 valence electrons. The van der Waals surface area contributed by atoms with Gasteiger partial charge in [0.15, 0.2) is 5.16 Å². The number of thiophene rings is 1. The number of fused-ring (bicyclic) bond motifs is 1. The van der Waals surface area contributed by atoms with Crippen LogP contribution in [0.15, 0.2) is 9.95 Å². The van der Waals surface area contributed by atoms with Gasteiger partial charge in [-0.25, -0.2) is 4.98 Å². The first-order valence-corrected chi connectivity index (χ1v) is 8.17. The summed E-state index contributed by atoms with van der Waals surface area (Å²) in [6.45, 7) is 6.49. The van der Waals surface area contributed by atoms with Crippen molar-refractivity contribution in [3.8, 4) is 0 Å². The van der Waals surface area contributed by atoms with E-state index in [0.717, 1.165) is 23.1 Å². The molecule has 0 spiro atoms. The van der Waals surface area contributed by atoms with Gasteiger partial charge < -0.3 is 4.98 Å². The molecule has 0 fully saturated rings. The molecule has 0 aliphatic heterocycles. The monoisotopic (exact) mass is 282 g/mol. The van der Waals surface area contributed by atoms with Gasteiger partial charge in [-0.1, -0.05) is 32.0 Å². The van der Waals surface area contributed by atoms with E-state index in [-0.39, 0.29) is 5.56 Å². The first-order chi connectivity index (χ1) is 8.56. The standard InChI is InChI=1S/C13H18N2OS2/c1-5-7(2)6-9-8(3)18-12-10(9)11(16)14-13(15-12)17-4/h7H,5-6H2,1-4H3,(H,14,15,16)/t7-/m0/s1. The number of aromatic amines is 1. The Bertz CT molecular complexity index is 615. The summed E-state index contributed by atoms with van der Waals surface area (Å²) in [6, 6.07) is 0. The van der Waals surface area contributed by atoms with Crippen LogP contribution in [-0.2, 0) is 6.42 Å². The zero-order valence-electron chi connectivity index (χ0n) is 11.2. The smallest absolute Gasteiger partial charge is 0.260 e. The van der Waals surface area contributed by atoms with Gasteiger partial charge in [-0.2, -0.15) is 0 Å². The molecule has 0 amide bonds. The third-order valence-electron chi connectivity index (χ3n) is 3.28. The molecule has 2 heterocycles. The maximum absolute atomic E-state index is 12.2. The molecular weight excluding hydrogens is 264 g/mol. The van der Waals surface area contributed by atoms with Crippen LogP contribution in [0.1, 0.15) is 30.7 Å². The predicted octanol–water partition coefficient (Wildman–Crippen LogP) is 3.60. The normalized spacial score (nSPS) is 13.1. The van der Waals surface area contributed by atoms with Crippen molar-refractivity contribution in [2.45, 2.75) is 38.8 Å². The molecule has 18 heavy (non-hydrogen) atoms. The predicted molar refractivity (Wildman–Crippen MR) is 79.9 cm³/mol. The van der Waals surface area contributed by atoms with Crippen LogP contribution in [0, 0.1) is 12.8 Å². The van der Waals surface area contributed by atoms with Gasteiger partial charge in [0.2, 0.25) is 0 Å². The minimum absolute atomic E-state index is 0.00648. The summed E-state index contributed by atoms with van der Waals surface area (Å²) in [7, 11) is 0. The summed E-state index contributed by atoms with van der Waals surface area (Å²) in [6.07, 6.45) is 4.02. The number of aromatic nitrogens is 2. The Morgan fingerprint density at radius 3 is 2.83 bits per heavy atom. The van der Waals surface area contributed by atoms with Gasteiger partial charge in [0.1, 0.15) is 4.83 Å². The number of hydrogen-bond donors (Lipinski definition) is 1. The highest BCUT2D eigenvalue weighted by atomic mass is 32.2. The molecule has 1 atom stereocenters. The van der Waals surface area contributed by atoms with E-state index in [1.807, 2.05) is 6.26 Å². The molecule has 3 nitrogen and oxygen atoms in total. The fourth-order valence-corrected chi connectivity index (χ4v) is 3.48. The Morgan fingerprint density at radius 1 is 1.50 bits per heavy atom. The molecule has 0 bridgehead atoms. The van der Waals surface area contributed by atoms with Crippen LogP contribution in [0.2, 0.25) is 0 Å². The molecule has 0 aromatic carbocycles. The molecule has 2 aromatic heterocycles. The fraction of sp³-hybridized carbons (Fsp3) is 0.538. The fourth-order valence-electron chi connectivity index (χ4n) is 1.99. The highest BCUT2D eigenvalue weighted by Gasteiger charge is 2.16. The van der Waals surface area contributed by atoms with Gasteiger partial charge in [0.05, 0.1) is 5.39 Å². The Hall–Kier alpha value is -0.810. The number of hydrogen-bond acceptors (Lipinski definition) is 4. The van der Waals surface area contributed by atoms with Crippen molar-refractivity contribution in [1.29, 1.82) is 0 Å². The molecule has 0 aliphatic rings. The summed E-state index contributed by atoms with van der Waals surface area (Å²) in [5.74, 6) is 0.598. The summed E-state index contributed by atoms with van der Waals surface area (Å²) < 4.78 is 0. The van der Waals surface area contributed by atoms with Crippen LogP contribution in [0.5, 0.6) is 0 Å². The average molecular weight is 282 g/mol. The number of H-pyrrole nitrogens is 1. The third kappa shape index (κ3) is 2.47. The van der Waals surface area contributed by atoms with E-state index in [0.29, 0.717) is 11.1 Å². The largest absolute Gasteiger partial charge is 0.301 e. The van der Waals surface area contributed by atoms with Crippen molar-refractivity contribution in [3.05, 3.63) is 20.8 Å². The maximum atomic E-state index is 12.2. The SMILES string of the molecule is CC[C@H](C)Cc1c(C)sc2nc(SC)[nH]c(=O)c12. The van der Waals surface area contributed by atoms with Crippen LogP contribution in [0.3, 0.4) is 0 Å². The number of thioether (sulfide) groups is 1. The lowest BCUT2D eigenvalue weighted by Crippen LogP contribution is -2.10. The Balaban J connectivity index is 2.60. The molecular formula is C13H18N2OS2. The second-order valence-corrected chi connectivity index (χ2v) is 6.61. The lowest BCUT2D eigenvalue weighted by atomic mass is 9.98. The molecule has 0 saturated heterocycles. The van der Waals surface area contributed by atoms with E-state index in [1.54, 1.807) is 11.3 Å². The van der Waals surface area contributed by atoms with E-state index in [4.69, 9.17) is 0 Å². The molecule has 5 heteroatoms. The van der Waals surface area contributed by atoms with Crippen molar-refractivity contribution in [2.75, 3.05) is 6.26 Å². The van der Waals surface area contributed by atoms with Crippen LogP contribution >= 0.6 is 23.1 Å². The molecule has 1 N–H and O–H groups in total. The maximum Gasteiger partial charge on any atom is 0.260 e. The Morgan fingerprint density at radius 2 is 2.22 bits per heavy atom. The van der Waals surface area contributed by atoms with Crippen LogP contribution in [0.4, 0.5) is 0 Å². The van der Waals surface area contributed by atoms with Crippen molar-refractivity contribution in [1.82, 2.24) is 9.97 Å². The lowest BCUT2D eigenvalue weighted by molar-refractivity contribution is 0.561. The van der Waals surface area contributed by atoms with E-state index in [1.165, 1.54) is 22.2 Å². The topological polar surface area (TPSA) is 45.8 Å². The van der Waals surface area contributed by atoms with Gasteiger partial charge in [-0.05, 0) is 31.1 Å². The molecule has 0 radical (unpaired) electrons. The van der Waals surface area contributed by atoms with Gasteiger partial charge in [-0.15, -0.1) is 11.3 Å². The molecule has 0 saturated carbocycles. The van der Waals surface area contributed by atoms with Crippen molar-refractivity contribution < 1.29 is 0 Å². The first kappa shape index (κ1) is 13.6. The molecule has 2 rings (SSSR count). The van der Waals surface area contributed by atoms with Crippen LogP contribution < -0.4 is 5.56 Å². The number of nitrogens with one attached hydrogen (secondary N) is 1. The Kier molecular flexibility index (Phi) is 4.12. The molecule has 0 aliphatic carbocycles. The van der Waals surface area contributed by atoms with Crippen molar-refractivity contribution in [3.63, 3.8) is 0 Å². The summed E-state index contributed by atoms with van der Waals surface area (Å²) in [5.41, 5.74) is 1.19. The molecule has 2 aromatic rings. The zero-order chi connectivity index (χ0) is 13.3. The van der Waals surface area contributed by atoms with Gasteiger partial charge in [-0.3, -0.25) is 4.79 Å². The Labute approximate surface area is 115 Å².